The van der Waals surface area contributed by atoms with Crippen LogP contribution in [0.2, 0.25) is 5.02 Å². The average molecular weight is 363 g/mol. The van der Waals surface area contributed by atoms with Crippen molar-refractivity contribution in [2.75, 3.05) is 5.73 Å². The number of anilines is 1. The van der Waals surface area contributed by atoms with Gasteiger partial charge in [-0.3, -0.25) is 8.89 Å². The minimum absolute atomic E-state index is 0.351. The summed E-state index contributed by atoms with van der Waals surface area (Å²) in [5, 5.41) is 4.81. The third-order valence-electron chi connectivity index (χ3n) is 2.75. The highest BCUT2D eigenvalue weighted by Gasteiger charge is 2.16. The van der Waals surface area contributed by atoms with Gasteiger partial charge in [-0.25, -0.2) is 0 Å². The molecule has 0 aliphatic carbocycles. The number of hydrogen-bond acceptors (Lipinski definition) is 3. The number of aromatic nitrogens is 2. The third kappa shape index (κ3) is 3.01. The van der Waals surface area contributed by atoms with Gasteiger partial charge in [-0.2, -0.15) is 5.10 Å². The van der Waals surface area contributed by atoms with E-state index in [-0.39, 0.29) is 0 Å². The van der Waals surface area contributed by atoms with Gasteiger partial charge in [0, 0.05) is 17.8 Å². The second kappa shape index (κ2) is 5.64. The van der Waals surface area contributed by atoms with Crippen LogP contribution in [0, 0.1) is 6.92 Å². The largest absolute Gasteiger partial charge is 0.398 e. The van der Waals surface area contributed by atoms with E-state index in [1.165, 1.54) is 0 Å². The molecule has 0 aliphatic rings. The number of rotatable bonds is 3. The normalized spacial score (nSPS) is 12.6. The van der Waals surface area contributed by atoms with E-state index in [0.717, 1.165) is 15.9 Å². The Morgan fingerprint density at radius 3 is 2.74 bits per heavy atom. The van der Waals surface area contributed by atoms with E-state index in [2.05, 4.69) is 21.0 Å². The van der Waals surface area contributed by atoms with Gasteiger partial charge in [-0.15, -0.1) is 0 Å². The summed E-state index contributed by atoms with van der Waals surface area (Å²) in [6.07, 6.45) is 0. The van der Waals surface area contributed by atoms with E-state index < -0.39 is 10.8 Å². The van der Waals surface area contributed by atoms with E-state index in [1.54, 1.807) is 22.9 Å². The summed E-state index contributed by atoms with van der Waals surface area (Å²) in [6, 6.07) is 5.00. The Bertz CT molecular complexity index is 657. The van der Waals surface area contributed by atoms with Crippen molar-refractivity contribution in [1.82, 2.24) is 9.78 Å². The van der Waals surface area contributed by atoms with Crippen molar-refractivity contribution in [3.63, 3.8) is 0 Å². The second-order valence-corrected chi connectivity index (χ2v) is 6.79. The molecule has 2 N–H and O–H groups in total. The van der Waals surface area contributed by atoms with Gasteiger partial charge in [-0.1, -0.05) is 11.6 Å². The summed E-state index contributed by atoms with van der Waals surface area (Å²) in [5.41, 5.74) is 8.04. The Morgan fingerprint density at radius 2 is 2.21 bits per heavy atom. The summed E-state index contributed by atoms with van der Waals surface area (Å²) in [5.74, 6) is 0.351. The van der Waals surface area contributed by atoms with Crippen LogP contribution in [0.3, 0.4) is 0 Å². The summed E-state index contributed by atoms with van der Waals surface area (Å²) in [6.45, 7) is 1.90. The van der Waals surface area contributed by atoms with Crippen LogP contribution in [-0.2, 0) is 23.6 Å². The smallest absolute Gasteiger partial charge is 0.0738 e. The minimum atomic E-state index is -1.24. The molecule has 0 saturated carbocycles. The quantitative estimate of drug-likeness (QED) is 0.854. The van der Waals surface area contributed by atoms with E-state index >= 15 is 0 Å². The molecule has 0 fully saturated rings. The molecule has 7 heteroatoms. The lowest BCUT2D eigenvalue weighted by atomic mass is 10.3. The molecule has 1 aromatic carbocycles. The summed E-state index contributed by atoms with van der Waals surface area (Å²) in [7, 11) is 0.593. The highest BCUT2D eigenvalue weighted by molar-refractivity contribution is 9.10. The number of nitrogens with two attached hydrogens (primary N) is 1. The molecule has 4 nitrogen and oxygen atoms in total. The Morgan fingerprint density at radius 1 is 1.53 bits per heavy atom. The zero-order chi connectivity index (χ0) is 14.2. The molecule has 0 aliphatic heterocycles. The zero-order valence-electron chi connectivity index (χ0n) is 10.5. The van der Waals surface area contributed by atoms with Crippen LogP contribution in [0.5, 0.6) is 0 Å². The molecule has 1 heterocycles. The van der Waals surface area contributed by atoms with E-state index in [1.807, 2.05) is 14.0 Å². The molecule has 102 valence electrons. The van der Waals surface area contributed by atoms with Gasteiger partial charge in [0.25, 0.3) is 0 Å². The van der Waals surface area contributed by atoms with Gasteiger partial charge in [0.2, 0.25) is 0 Å². The van der Waals surface area contributed by atoms with Gasteiger partial charge >= 0.3 is 0 Å². The molecule has 2 rings (SSSR count). The van der Waals surface area contributed by atoms with Crippen molar-refractivity contribution in [2.45, 2.75) is 17.6 Å². The van der Waals surface area contributed by atoms with Gasteiger partial charge < -0.3 is 5.73 Å². The highest BCUT2D eigenvalue weighted by atomic mass is 79.9. The average Bonchev–Trinajstić information content (AvgIpc) is 2.56. The summed E-state index contributed by atoms with van der Waals surface area (Å²) in [4.78, 5) is 0.593. The van der Waals surface area contributed by atoms with Gasteiger partial charge in [0.15, 0.2) is 0 Å². The number of hydrogen-bond donors (Lipinski definition) is 1. The number of halogens is 2. The van der Waals surface area contributed by atoms with Crippen molar-refractivity contribution >= 4 is 44.0 Å². The maximum Gasteiger partial charge on any atom is 0.0738 e. The molecule has 1 unspecified atom stereocenters. The summed E-state index contributed by atoms with van der Waals surface area (Å²) >= 11 is 9.30. The van der Waals surface area contributed by atoms with Crippen molar-refractivity contribution in [1.29, 1.82) is 0 Å². The molecule has 0 bridgehead atoms. The van der Waals surface area contributed by atoms with E-state index in [9.17, 15) is 4.21 Å². The maximum atomic E-state index is 12.4. The second-order valence-electron chi connectivity index (χ2n) is 4.14. The lowest BCUT2D eigenvalue weighted by molar-refractivity contribution is 0.676. The Kier molecular flexibility index (Phi) is 4.32. The number of nitrogens with zero attached hydrogens (tertiary/aromatic N) is 2. The van der Waals surface area contributed by atoms with Gasteiger partial charge in [0.1, 0.15) is 0 Å². The molecular weight excluding hydrogens is 350 g/mol. The lowest BCUT2D eigenvalue weighted by Gasteiger charge is -2.07. The summed E-state index contributed by atoms with van der Waals surface area (Å²) < 4.78 is 15.0. The molecule has 0 amide bonds. The van der Waals surface area contributed by atoms with Crippen molar-refractivity contribution in [2.24, 2.45) is 7.05 Å². The fourth-order valence-corrected chi connectivity index (χ4v) is 3.88. The molecule has 0 saturated heterocycles. The number of nitrogen functional groups attached to an aromatic ring is 1. The molecule has 0 radical (unpaired) electrons. The van der Waals surface area contributed by atoms with Crippen LogP contribution in [0.1, 0.15) is 11.4 Å². The van der Waals surface area contributed by atoms with Crippen molar-refractivity contribution < 1.29 is 4.21 Å². The first-order valence-corrected chi connectivity index (χ1v) is 8.00. The molecule has 1 aromatic heterocycles. The van der Waals surface area contributed by atoms with Crippen LogP contribution >= 0.6 is 27.5 Å². The standard InChI is InChI=1S/C12H13BrClN3OS/c1-7-12(13)10(17(2)16-7)6-19(18)11-4-3-8(14)5-9(11)15/h3-5H,6,15H2,1-2H3. The molecule has 19 heavy (non-hydrogen) atoms. The SMILES string of the molecule is Cc1nn(C)c(CS(=O)c2ccc(Cl)cc2N)c1Br. The minimum Gasteiger partial charge on any atom is -0.398 e. The zero-order valence-corrected chi connectivity index (χ0v) is 13.6. The maximum absolute atomic E-state index is 12.4. The first-order valence-electron chi connectivity index (χ1n) is 5.51. The van der Waals surface area contributed by atoms with Crippen molar-refractivity contribution in [3.8, 4) is 0 Å². The predicted molar refractivity (Wildman–Crippen MR) is 81.6 cm³/mol. The van der Waals surface area contributed by atoms with Crippen LogP contribution in [0.25, 0.3) is 0 Å². The van der Waals surface area contributed by atoms with Crippen molar-refractivity contribution in [3.05, 3.63) is 39.1 Å². The molecule has 0 spiro atoms. The van der Waals surface area contributed by atoms with Crippen LogP contribution < -0.4 is 5.73 Å². The molecule has 2 aromatic rings. The Balaban J connectivity index is 2.31. The number of benzene rings is 1. The van der Waals surface area contributed by atoms with Crippen LogP contribution in [0.4, 0.5) is 5.69 Å². The number of aryl methyl sites for hydroxylation is 2. The Hall–Kier alpha value is -0.850. The van der Waals surface area contributed by atoms with Crippen LogP contribution in [-0.4, -0.2) is 14.0 Å². The first-order chi connectivity index (χ1) is 8.90. The molecule has 1 atom stereocenters. The van der Waals surface area contributed by atoms with E-state index in [0.29, 0.717) is 21.4 Å². The monoisotopic (exact) mass is 361 g/mol. The van der Waals surface area contributed by atoms with Crippen LogP contribution in [0.15, 0.2) is 27.6 Å². The lowest BCUT2D eigenvalue weighted by Crippen LogP contribution is -2.05. The fourth-order valence-electron chi connectivity index (χ4n) is 1.77. The predicted octanol–water partition coefficient (Wildman–Crippen LogP) is 3.03. The third-order valence-corrected chi connectivity index (χ3v) is 5.41. The topological polar surface area (TPSA) is 60.9 Å². The molecular formula is C12H13BrClN3OS. The van der Waals surface area contributed by atoms with E-state index in [4.69, 9.17) is 17.3 Å². The highest BCUT2D eigenvalue weighted by Crippen LogP contribution is 2.26. The first kappa shape index (κ1) is 14.6. The van der Waals surface area contributed by atoms with Gasteiger partial charge in [-0.05, 0) is 41.1 Å². The Labute approximate surface area is 127 Å². The fraction of sp³-hybridized carbons (Fsp3) is 0.250. The van der Waals surface area contributed by atoms with Gasteiger partial charge in [0.05, 0.1) is 37.3 Å².